The van der Waals surface area contributed by atoms with Crippen LogP contribution in [0.4, 0.5) is 18.9 Å². The van der Waals surface area contributed by atoms with E-state index in [9.17, 15) is 13.2 Å². The first kappa shape index (κ1) is 24.1. The van der Waals surface area contributed by atoms with E-state index in [1.165, 1.54) is 0 Å². The number of aryl methyl sites for hydroxylation is 3. The predicted octanol–water partition coefficient (Wildman–Crippen LogP) is 6.26. The Bertz CT molecular complexity index is 1360. The van der Waals surface area contributed by atoms with Crippen molar-refractivity contribution in [2.45, 2.75) is 50.9 Å². The summed E-state index contributed by atoms with van der Waals surface area (Å²) in [6.07, 6.45) is -1.02. The van der Waals surface area contributed by atoms with E-state index >= 15 is 0 Å². The quantitative estimate of drug-likeness (QED) is 0.236. The van der Waals surface area contributed by atoms with Crippen LogP contribution in [-0.4, -0.2) is 37.0 Å². The second kappa shape index (κ2) is 9.45. The van der Waals surface area contributed by atoms with E-state index in [0.717, 1.165) is 69.4 Å². The maximum absolute atomic E-state index is 13.0. The summed E-state index contributed by atoms with van der Waals surface area (Å²) in [5, 5.41) is 14.0. The van der Waals surface area contributed by atoms with Crippen LogP contribution in [0.25, 0.3) is 21.8 Å². The third-order valence-electron chi connectivity index (χ3n) is 6.22. The van der Waals surface area contributed by atoms with Crippen LogP contribution in [0.2, 0.25) is 0 Å². The molecule has 0 saturated carbocycles. The molecule has 1 atom stereocenters. The summed E-state index contributed by atoms with van der Waals surface area (Å²) in [4.78, 5) is 9.29. The number of thiazole rings is 1. The summed E-state index contributed by atoms with van der Waals surface area (Å²) in [5.41, 5.74) is 3.11. The first-order valence-electron chi connectivity index (χ1n) is 11.4. The smallest absolute Gasteiger partial charge is 0.433 e. The maximum atomic E-state index is 13.0. The normalized spacial score (nSPS) is 16.3. The zero-order chi connectivity index (χ0) is 24.7. The number of fused-ring (bicyclic) bond motifs is 3. The van der Waals surface area contributed by atoms with Crippen LogP contribution in [0.15, 0.2) is 21.7 Å². The van der Waals surface area contributed by atoms with E-state index in [2.05, 4.69) is 25.5 Å². The van der Waals surface area contributed by atoms with Crippen LogP contribution >= 0.6 is 23.1 Å². The minimum atomic E-state index is -4.59. The molecular formula is C23H25F3N6OS2. The molecule has 186 valence electrons. The van der Waals surface area contributed by atoms with Gasteiger partial charge in [0, 0.05) is 30.6 Å². The number of benzene rings is 1. The topological polar surface area (TPSA) is 81.7 Å². The fourth-order valence-corrected chi connectivity index (χ4v) is 6.26. The van der Waals surface area contributed by atoms with Crippen LogP contribution in [0, 0.1) is 19.8 Å². The Kier molecular flexibility index (Phi) is 6.51. The summed E-state index contributed by atoms with van der Waals surface area (Å²) in [7, 11) is 1.98. The Morgan fingerprint density at radius 3 is 2.80 bits per heavy atom. The lowest BCUT2D eigenvalue weighted by Crippen LogP contribution is -2.12. The van der Waals surface area contributed by atoms with Gasteiger partial charge in [0.15, 0.2) is 16.6 Å². The second-order valence-corrected chi connectivity index (χ2v) is 11.0. The first-order valence-corrected chi connectivity index (χ1v) is 13.2. The fourth-order valence-electron chi connectivity index (χ4n) is 4.45. The molecule has 0 radical (unpaired) electrons. The van der Waals surface area contributed by atoms with Crippen LogP contribution in [-0.2, 0) is 19.6 Å². The number of alkyl halides is 3. The average molecular weight is 523 g/mol. The first-order chi connectivity index (χ1) is 16.7. The lowest BCUT2D eigenvalue weighted by Gasteiger charge is -2.14. The largest absolute Gasteiger partial charge is 0.468 e. The number of hydrogen-bond donors (Lipinski definition) is 1. The molecule has 1 aliphatic heterocycles. The molecule has 0 amide bonds. The molecule has 12 heteroatoms. The molecule has 1 aromatic carbocycles. The lowest BCUT2D eigenvalue weighted by molar-refractivity contribution is -0.156. The van der Waals surface area contributed by atoms with Gasteiger partial charge in [-0.25, -0.2) is 9.97 Å². The molecule has 0 aliphatic carbocycles. The molecule has 35 heavy (non-hydrogen) atoms. The molecule has 0 spiro atoms. The number of rotatable bonds is 6. The highest BCUT2D eigenvalue weighted by atomic mass is 32.2. The maximum Gasteiger partial charge on any atom is 0.468 e. The molecule has 7 nitrogen and oxygen atoms in total. The van der Waals surface area contributed by atoms with Crippen molar-refractivity contribution >= 4 is 39.9 Å². The van der Waals surface area contributed by atoms with Gasteiger partial charge in [0.05, 0.1) is 15.6 Å². The van der Waals surface area contributed by atoms with Crippen LogP contribution < -0.4 is 5.32 Å². The van der Waals surface area contributed by atoms with Gasteiger partial charge < -0.3 is 14.3 Å². The second-order valence-electron chi connectivity index (χ2n) is 8.74. The molecule has 1 N–H and O–H groups in total. The minimum Gasteiger partial charge on any atom is -0.433 e. The molecule has 3 aromatic heterocycles. The molecule has 0 saturated heterocycles. The number of nitrogens with zero attached hydrogens (tertiary/aromatic N) is 5. The molecule has 4 heterocycles. The van der Waals surface area contributed by atoms with Gasteiger partial charge in [-0.3, -0.25) is 0 Å². The number of anilines is 1. The Morgan fingerprint density at radius 1 is 1.23 bits per heavy atom. The standard InChI is InChI=1S/C23H25F3N6OS2/c1-12-19(35-13(2)28-12)20-30-31-22(32(20)3)34-10-4-5-14-6-7-15-16(27-11-14)8-9-17-18(15)29-21(33-17)23(24,25)26/h8-9,14,27H,4-7,10-11H2,1-3H3. The van der Waals surface area contributed by atoms with Crippen molar-refractivity contribution in [2.75, 3.05) is 17.6 Å². The number of aromatic nitrogens is 5. The summed E-state index contributed by atoms with van der Waals surface area (Å²) >= 11 is 3.31. The van der Waals surface area contributed by atoms with Gasteiger partial charge in [0.1, 0.15) is 5.52 Å². The van der Waals surface area contributed by atoms with E-state index in [-0.39, 0.29) is 5.58 Å². The van der Waals surface area contributed by atoms with Gasteiger partial charge in [0.2, 0.25) is 0 Å². The number of nitrogens with one attached hydrogen (secondary N) is 1. The summed E-state index contributed by atoms with van der Waals surface area (Å²) in [6.45, 7) is 4.76. The molecule has 0 bridgehead atoms. The number of oxazole rings is 1. The van der Waals surface area contributed by atoms with E-state index < -0.39 is 12.1 Å². The van der Waals surface area contributed by atoms with E-state index in [0.29, 0.717) is 17.9 Å². The number of halogens is 3. The van der Waals surface area contributed by atoms with Crippen molar-refractivity contribution < 1.29 is 17.6 Å². The van der Waals surface area contributed by atoms with Crippen molar-refractivity contribution in [1.29, 1.82) is 0 Å². The highest BCUT2D eigenvalue weighted by Crippen LogP contribution is 2.36. The molecule has 1 aliphatic rings. The summed E-state index contributed by atoms with van der Waals surface area (Å²) in [6, 6.07) is 3.35. The van der Waals surface area contributed by atoms with Crippen molar-refractivity contribution in [3.8, 4) is 10.7 Å². The van der Waals surface area contributed by atoms with Crippen molar-refractivity contribution in [3.63, 3.8) is 0 Å². The number of hydrogen-bond acceptors (Lipinski definition) is 8. The fraction of sp³-hybridized carbons (Fsp3) is 0.478. The Balaban J connectivity index is 1.17. The van der Waals surface area contributed by atoms with Gasteiger partial charge in [-0.05, 0) is 57.6 Å². The SMILES string of the molecule is Cc1nc(C)c(-c2nnc(SCCCC3CCc4c(ccc5oc(C(F)(F)F)nc45)NC3)n2C)s1. The van der Waals surface area contributed by atoms with Gasteiger partial charge >= 0.3 is 12.1 Å². The minimum absolute atomic E-state index is 0.180. The summed E-state index contributed by atoms with van der Waals surface area (Å²) < 4.78 is 46.1. The van der Waals surface area contributed by atoms with E-state index in [1.54, 1.807) is 35.2 Å². The average Bonchev–Trinajstić information content (AvgIpc) is 3.44. The zero-order valence-electron chi connectivity index (χ0n) is 19.6. The van der Waals surface area contributed by atoms with Gasteiger partial charge in [-0.1, -0.05) is 11.8 Å². The van der Waals surface area contributed by atoms with Crippen molar-refractivity contribution in [2.24, 2.45) is 13.0 Å². The van der Waals surface area contributed by atoms with E-state index in [4.69, 9.17) is 4.42 Å². The predicted molar refractivity (Wildman–Crippen MR) is 131 cm³/mol. The van der Waals surface area contributed by atoms with Crippen molar-refractivity contribution in [3.05, 3.63) is 34.3 Å². The molecule has 4 aromatic rings. The van der Waals surface area contributed by atoms with Gasteiger partial charge in [-0.2, -0.15) is 13.2 Å². The molecule has 1 unspecified atom stereocenters. The van der Waals surface area contributed by atoms with E-state index in [1.807, 2.05) is 25.5 Å². The van der Waals surface area contributed by atoms with Crippen LogP contribution in [0.3, 0.4) is 0 Å². The molecule has 5 rings (SSSR count). The van der Waals surface area contributed by atoms with Crippen LogP contribution in [0.5, 0.6) is 0 Å². The van der Waals surface area contributed by atoms with Gasteiger partial charge in [0.25, 0.3) is 0 Å². The third kappa shape index (κ3) is 4.90. The van der Waals surface area contributed by atoms with Crippen LogP contribution in [0.1, 0.15) is 41.4 Å². The van der Waals surface area contributed by atoms with Crippen molar-refractivity contribution in [1.82, 2.24) is 24.7 Å². The highest BCUT2D eigenvalue weighted by molar-refractivity contribution is 7.99. The Labute approximate surface area is 208 Å². The monoisotopic (exact) mass is 522 g/mol. The Hall–Kier alpha value is -2.60. The third-order valence-corrected chi connectivity index (χ3v) is 8.40. The molecule has 0 fully saturated rings. The molecular weight excluding hydrogens is 497 g/mol. The zero-order valence-corrected chi connectivity index (χ0v) is 21.2. The summed E-state index contributed by atoms with van der Waals surface area (Å²) in [5.74, 6) is 0.990. The Morgan fingerprint density at radius 2 is 2.06 bits per heavy atom. The highest BCUT2D eigenvalue weighted by Gasteiger charge is 2.38. The van der Waals surface area contributed by atoms with Gasteiger partial charge in [-0.15, -0.1) is 21.5 Å². The number of thioether (sulfide) groups is 1. The lowest BCUT2D eigenvalue weighted by atomic mass is 9.96.